The number of ketones is 1. The molecular weight excluding hydrogens is 346 g/mol. The van der Waals surface area contributed by atoms with Crippen LogP contribution in [-0.2, 0) is 0 Å². The van der Waals surface area contributed by atoms with E-state index in [-0.39, 0.29) is 23.4 Å². The molecule has 9 heteroatoms. The summed E-state index contributed by atoms with van der Waals surface area (Å²) in [6, 6.07) is 1.70. The molecule has 0 bridgehead atoms. The Kier molecular flexibility index (Phi) is 6.02. The van der Waals surface area contributed by atoms with Gasteiger partial charge in [0.15, 0.2) is 5.69 Å². The van der Waals surface area contributed by atoms with Crippen molar-refractivity contribution in [3.05, 3.63) is 48.5 Å². The molecule has 0 aliphatic rings. The van der Waals surface area contributed by atoms with Gasteiger partial charge in [-0.15, -0.1) is 0 Å². The molecule has 3 N–H and O–H groups in total. The predicted octanol–water partition coefficient (Wildman–Crippen LogP) is 2.56. The SMILES string of the molecule is N#Cc1cnc(-c2cnc(C(N)CCCCCC(=O)c3ncco3)[nH]2)cn1. The second kappa shape index (κ2) is 8.82. The largest absolute Gasteiger partial charge is 0.442 e. The molecule has 3 rings (SSSR count). The zero-order chi connectivity index (χ0) is 19.1. The summed E-state index contributed by atoms with van der Waals surface area (Å²) < 4.78 is 4.98. The number of H-pyrrole nitrogens is 1. The minimum atomic E-state index is -0.229. The van der Waals surface area contributed by atoms with Crippen molar-refractivity contribution in [3.8, 4) is 17.5 Å². The molecule has 0 aliphatic carbocycles. The van der Waals surface area contributed by atoms with Crippen LogP contribution in [0.5, 0.6) is 0 Å². The van der Waals surface area contributed by atoms with Crippen LogP contribution in [0.2, 0.25) is 0 Å². The number of nitrogens with zero attached hydrogens (tertiary/aromatic N) is 5. The number of oxazole rings is 1. The highest BCUT2D eigenvalue weighted by molar-refractivity contribution is 5.91. The molecule has 0 aromatic carbocycles. The Hall–Kier alpha value is -3.38. The van der Waals surface area contributed by atoms with Gasteiger partial charge in [0.1, 0.15) is 23.9 Å². The Morgan fingerprint density at radius 1 is 1.19 bits per heavy atom. The van der Waals surface area contributed by atoms with Gasteiger partial charge in [0, 0.05) is 6.42 Å². The maximum Gasteiger partial charge on any atom is 0.263 e. The number of carbonyl (C=O) groups excluding carboxylic acids is 1. The van der Waals surface area contributed by atoms with E-state index in [1.807, 2.05) is 6.07 Å². The average Bonchev–Trinajstić information content (AvgIpc) is 3.39. The third kappa shape index (κ3) is 4.83. The fourth-order valence-corrected chi connectivity index (χ4v) is 2.61. The van der Waals surface area contributed by atoms with Crippen molar-refractivity contribution in [2.75, 3.05) is 0 Å². The van der Waals surface area contributed by atoms with E-state index in [1.54, 1.807) is 6.20 Å². The average molecular weight is 365 g/mol. The van der Waals surface area contributed by atoms with Crippen LogP contribution in [0.1, 0.15) is 60.3 Å². The van der Waals surface area contributed by atoms with Gasteiger partial charge >= 0.3 is 0 Å². The van der Waals surface area contributed by atoms with Crippen molar-refractivity contribution in [1.82, 2.24) is 24.9 Å². The number of hydrogen-bond acceptors (Lipinski definition) is 8. The lowest BCUT2D eigenvalue weighted by Crippen LogP contribution is -2.12. The minimum Gasteiger partial charge on any atom is -0.442 e. The zero-order valence-corrected chi connectivity index (χ0v) is 14.6. The number of rotatable bonds is 9. The first-order chi connectivity index (χ1) is 13.2. The molecule has 0 radical (unpaired) electrons. The topological polar surface area (TPSA) is 147 Å². The van der Waals surface area contributed by atoms with Crippen molar-refractivity contribution in [2.45, 2.75) is 38.1 Å². The Labute approximate surface area is 155 Å². The summed E-state index contributed by atoms with van der Waals surface area (Å²) in [6.45, 7) is 0. The van der Waals surface area contributed by atoms with E-state index >= 15 is 0 Å². The number of Topliss-reactive ketones (excluding diaryl/α,β-unsaturated/α-hetero) is 1. The first kappa shape index (κ1) is 18.4. The molecule has 3 aromatic heterocycles. The number of imidazole rings is 1. The van der Waals surface area contributed by atoms with Crippen molar-refractivity contribution < 1.29 is 9.21 Å². The summed E-state index contributed by atoms with van der Waals surface area (Å²) in [7, 11) is 0. The van der Waals surface area contributed by atoms with Crippen LogP contribution in [0.3, 0.4) is 0 Å². The van der Waals surface area contributed by atoms with Gasteiger partial charge in [0.05, 0.1) is 36.5 Å². The van der Waals surface area contributed by atoms with Gasteiger partial charge in [-0.3, -0.25) is 4.79 Å². The maximum absolute atomic E-state index is 11.8. The van der Waals surface area contributed by atoms with Gasteiger partial charge < -0.3 is 15.1 Å². The smallest absolute Gasteiger partial charge is 0.263 e. The van der Waals surface area contributed by atoms with E-state index in [4.69, 9.17) is 15.4 Å². The van der Waals surface area contributed by atoms with Gasteiger partial charge in [0.25, 0.3) is 5.89 Å². The van der Waals surface area contributed by atoms with Crippen LogP contribution in [-0.4, -0.2) is 30.7 Å². The van der Waals surface area contributed by atoms with Crippen LogP contribution >= 0.6 is 0 Å². The second-order valence-corrected chi connectivity index (χ2v) is 6.05. The van der Waals surface area contributed by atoms with Crippen LogP contribution in [0, 0.1) is 11.3 Å². The molecule has 0 saturated carbocycles. The standard InChI is InChI=1S/C18H19N7O2/c19-8-12-9-23-14(10-22-12)15-11-24-17(25-15)13(20)4-2-1-3-5-16(26)18-21-6-7-27-18/h6-7,9-11,13H,1-5,20H2,(H,24,25). The Morgan fingerprint density at radius 3 is 2.78 bits per heavy atom. The van der Waals surface area contributed by atoms with Gasteiger partial charge in [0.2, 0.25) is 5.78 Å². The van der Waals surface area contributed by atoms with E-state index in [9.17, 15) is 4.79 Å². The molecular formula is C18H19N7O2. The number of nitrogens with one attached hydrogen (secondary N) is 1. The lowest BCUT2D eigenvalue weighted by atomic mass is 10.1. The third-order valence-corrected chi connectivity index (χ3v) is 4.08. The normalized spacial score (nSPS) is 11.9. The first-order valence-electron chi connectivity index (χ1n) is 8.63. The fourth-order valence-electron chi connectivity index (χ4n) is 2.61. The summed E-state index contributed by atoms with van der Waals surface area (Å²) >= 11 is 0. The lowest BCUT2D eigenvalue weighted by Gasteiger charge is -2.08. The highest BCUT2D eigenvalue weighted by Crippen LogP contribution is 2.19. The van der Waals surface area contributed by atoms with Crippen molar-refractivity contribution in [3.63, 3.8) is 0 Å². The molecule has 1 atom stereocenters. The molecule has 1 unspecified atom stereocenters. The molecule has 138 valence electrons. The first-order valence-corrected chi connectivity index (χ1v) is 8.63. The third-order valence-electron chi connectivity index (χ3n) is 4.08. The van der Waals surface area contributed by atoms with Gasteiger partial charge in [-0.05, 0) is 12.8 Å². The Bertz CT molecular complexity index is 910. The molecule has 0 saturated heterocycles. The van der Waals surface area contributed by atoms with Gasteiger partial charge in [-0.1, -0.05) is 12.8 Å². The molecule has 3 aromatic rings. The highest BCUT2D eigenvalue weighted by atomic mass is 16.3. The van der Waals surface area contributed by atoms with E-state index < -0.39 is 0 Å². The number of aromatic amines is 1. The van der Waals surface area contributed by atoms with Crippen molar-refractivity contribution in [1.29, 1.82) is 5.26 Å². The molecule has 0 aliphatic heterocycles. The van der Waals surface area contributed by atoms with Gasteiger partial charge in [-0.2, -0.15) is 5.26 Å². The molecule has 27 heavy (non-hydrogen) atoms. The summed E-state index contributed by atoms with van der Waals surface area (Å²) in [5.41, 5.74) is 7.75. The number of carbonyl (C=O) groups is 1. The minimum absolute atomic E-state index is 0.0801. The number of unbranched alkanes of at least 4 members (excludes halogenated alkanes) is 2. The van der Waals surface area contributed by atoms with Crippen molar-refractivity contribution in [2.24, 2.45) is 5.73 Å². The summed E-state index contributed by atoms with van der Waals surface area (Å²) in [5, 5.41) is 8.76. The second-order valence-electron chi connectivity index (χ2n) is 6.05. The van der Waals surface area contributed by atoms with E-state index in [0.717, 1.165) is 25.7 Å². The van der Waals surface area contributed by atoms with Crippen LogP contribution in [0.25, 0.3) is 11.4 Å². The molecule has 0 amide bonds. The predicted molar refractivity (Wildman–Crippen MR) is 95.2 cm³/mol. The summed E-state index contributed by atoms with van der Waals surface area (Å²) in [4.78, 5) is 31.2. The van der Waals surface area contributed by atoms with Crippen LogP contribution in [0.15, 0.2) is 35.5 Å². The van der Waals surface area contributed by atoms with E-state index in [1.165, 1.54) is 24.9 Å². The Morgan fingerprint density at radius 2 is 2.07 bits per heavy atom. The molecule has 0 fully saturated rings. The van der Waals surface area contributed by atoms with E-state index in [2.05, 4.69) is 24.9 Å². The number of hydrogen-bond donors (Lipinski definition) is 2. The molecule has 9 nitrogen and oxygen atoms in total. The molecule has 3 heterocycles. The van der Waals surface area contributed by atoms with Crippen LogP contribution in [0.4, 0.5) is 0 Å². The fraction of sp³-hybridized carbons (Fsp3) is 0.333. The summed E-state index contributed by atoms with van der Waals surface area (Å²) in [5.74, 6) is 0.760. The highest BCUT2D eigenvalue weighted by Gasteiger charge is 2.13. The molecule has 0 spiro atoms. The quantitative estimate of drug-likeness (QED) is 0.434. The lowest BCUT2D eigenvalue weighted by molar-refractivity contribution is 0.0945. The van der Waals surface area contributed by atoms with Gasteiger partial charge in [-0.25, -0.2) is 19.9 Å². The number of aromatic nitrogens is 5. The van der Waals surface area contributed by atoms with E-state index in [0.29, 0.717) is 23.6 Å². The van der Waals surface area contributed by atoms with Crippen LogP contribution < -0.4 is 5.73 Å². The summed E-state index contributed by atoms with van der Waals surface area (Å²) in [6.07, 6.45) is 11.1. The van der Waals surface area contributed by atoms with Crippen molar-refractivity contribution >= 4 is 5.78 Å². The zero-order valence-electron chi connectivity index (χ0n) is 14.6. The monoisotopic (exact) mass is 365 g/mol. The number of nitrogens with two attached hydrogens (primary N) is 1. The maximum atomic E-state index is 11.8. The Balaban J connectivity index is 1.43. The number of nitriles is 1.